The van der Waals surface area contributed by atoms with E-state index in [9.17, 15) is 47.4 Å². The van der Waals surface area contributed by atoms with Crippen LogP contribution in [-0.2, 0) is 33.5 Å². The maximum atomic E-state index is 14.8. The van der Waals surface area contributed by atoms with Gasteiger partial charge in [0, 0.05) is 6.42 Å². The molecule has 50 heavy (non-hydrogen) atoms. The number of carbonyl (C=O) groups is 7. The lowest BCUT2D eigenvalue weighted by Gasteiger charge is -2.34. The van der Waals surface area contributed by atoms with E-state index in [1.54, 1.807) is 25.1 Å². The standard InChI is InChI=1S/C34H47F2N5O9/c1-4-11-23(28(43)30(45)37-17-25(42)39-27(32(47)48)22-14-9-6-10-15-22)38-29(44)24-16-34(35,36)19-41(24)31(46)26(21-12-7-5-8-13-21)40-33(49)50-18-20(2)3/h6,9-10,14-15,20-21,23-24,26-27H,4-5,7-8,11-13,16-19H2,1-3H3,(H,37,45)(H,38,44)(H,39,42)(H,40,49)(H,47,48)/t23?,24-,26?,27?/m0/s1. The van der Waals surface area contributed by atoms with Crippen molar-refractivity contribution in [3.63, 3.8) is 0 Å². The first-order valence-electron chi connectivity index (χ1n) is 16.9. The molecule has 1 aliphatic heterocycles. The quantitative estimate of drug-likeness (QED) is 0.160. The van der Waals surface area contributed by atoms with Gasteiger partial charge < -0.3 is 36.0 Å². The molecule has 16 heteroatoms. The zero-order valence-electron chi connectivity index (χ0n) is 28.5. The van der Waals surface area contributed by atoms with Crippen LogP contribution in [-0.4, -0.2) is 95.2 Å². The van der Waals surface area contributed by atoms with E-state index >= 15 is 0 Å². The van der Waals surface area contributed by atoms with Gasteiger partial charge in [-0.05, 0) is 36.7 Å². The van der Waals surface area contributed by atoms with Crippen LogP contribution in [0, 0.1) is 11.8 Å². The molecule has 14 nitrogen and oxygen atoms in total. The molecule has 0 bridgehead atoms. The lowest BCUT2D eigenvalue weighted by Crippen LogP contribution is -2.58. The van der Waals surface area contributed by atoms with Gasteiger partial charge in [0.25, 0.3) is 11.8 Å². The minimum Gasteiger partial charge on any atom is -0.479 e. The maximum absolute atomic E-state index is 14.8. The van der Waals surface area contributed by atoms with Crippen LogP contribution in [0.15, 0.2) is 30.3 Å². The monoisotopic (exact) mass is 707 g/mol. The van der Waals surface area contributed by atoms with Gasteiger partial charge in [-0.2, -0.15) is 0 Å². The van der Waals surface area contributed by atoms with Crippen LogP contribution in [0.2, 0.25) is 0 Å². The molecule has 2 fully saturated rings. The molecule has 1 saturated carbocycles. The Labute approximate surface area is 289 Å². The van der Waals surface area contributed by atoms with Crippen LogP contribution in [0.1, 0.15) is 83.7 Å². The van der Waals surface area contributed by atoms with Gasteiger partial charge in [0.2, 0.25) is 23.5 Å². The molecule has 0 spiro atoms. The molecule has 3 unspecified atom stereocenters. The number of alkyl halides is 2. The summed E-state index contributed by atoms with van der Waals surface area (Å²) in [6, 6.07) is 1.99. The molecule has 0 aromatic heterocycles. The normalized spacial score (nSPS) is 19.1. The summed E-state index contributed by atoms with van der Waals surface area (Å²) < 4.78 is 34.9. The summed E-state index contributed by atoms with van der Waals surface area (Å²) in [6.45, 7) is 3.54. The molecule has 0 radical (unpaired) electrons. The number of carboxylic acids is 1. The largest absolute Gasteiger partial charge is 0.479 e. The van der Waals surface area contributed by atoms with Crippen molar-refractivity contribution >= 4 is 41.5 Å². The predicted octanol–water partition coefficient (Wildman–Crippen LogP) is 2.47. The summed E-state index contributed by atoms with van der Waals surface area (Å²) in [6.07, 6.45) is 1.90. The van der Waals surface area contributed by atoms with Gasteiger partial charge in [0.15, 0.2) is 6.04 Å². The third-order valence-corrected chi connectivity index (χ3v) is 8.59. The molecule has 5 amide bonds. The van der Waals surface area contributed by atoms with Crippen LogP contribution < -0.4 is 21.3 Å². The number of likely N-dealkylation sites (tertiary alicyclic amines) is 1. The number of rotatable bonds is 16. The lowest BCUT2D eigenvalue weighted by atomic mass is 9.83. The summed E-state index contributed by atoms with van der Waals surface area (Å²) >= 11 is 0. The molecular weight excluding hydrogens is 660 g/mol. The van der Waals surface area contributed by atoms with Crippen molar-refractivity contribution in [2.24, 2.45) is 11.8 Å². The number of nitrogens with zero attached hydrogens (tertiary/aromatic N) is 1. The number of carbonyl (C=O) groups excluding carboxylic acids is 6. The molecule has 2 aliphatic rings. The summed E-state index contributed by atoms with van der Waals surface area (Å²) in [5.41, 5.74) is 0.276. The van der Waals surface area contributed by atoms with Crippen molar-refractivity contribution in [1.29, 1.82) is 0 Å². The summed E-state index contributed by atoms with van der Waals surface area (Å²) in [5.74, 6) is -10.4. The number of hydrogen-bond acceptors (Lipinski definition) is 8. The smallest absolute Gasteiger partial charge is 0.407 e. The second-order valence-electron chi connectivity index (χ2n) is 13.2. The minimum absolute atomic E-state index is 0.0110. The predicted molar refractivity (Wildman–Crippen MR) is 175 cm³/mol. The summed E-state index contributed by atoms with van der Waals surface area (Å²) in [4.78, 5) is 90.7. The van der Waals surface area contributed by atoms with Gasteiger partial charge >= 0.3 is 12.1 Å². The molecule has 1 saturated heterocycles. The van der Waals surface area contributed by atoms with Crippen LogP contribution >= 0.6 is 0 Å². The highest BCUT2D eigenvalue weighted by atomic mass is 19.3. The molecular formula is C34H47F2N5O9. The zero-order chi connectivity index (χ0) is 37.0. The first kappa shape index (κ1) is 39.8. The summed E-state index contributed by atoms with van der Waals surface area (Å²) in [5, 5.41) is 18.8. The van der Waals surface area contributed by atoms with E-state index < -0.39 is 91.1 Å². The average molecular weight is 708 g/mol. The maximum Gasteiger partial charge on any atom is 0.407 e. The van der Waals surface area contributed by atoms with Crippen molar-refractivity contribution in [1.82, 2.24) is 26.2 Å². The number of carboxylic acid groups (broad SMARTS) is 1. The number of Topliss-reactive ketones (excluding diaryl/α,β-unsaturated/α-hetero) is 1. The molecule has 3 rings (SSSR count). The number of alkyl carbamates (subject to hydrolysis) is 1. The number of amides is 5. The summed E-state index contributed by atoms with van der Waals surface area (Å²) in [7, 11) is 0. The van der Waals surface area contributed by atoms with E-state index in [0.717, 1.165) is 24.2 Å². The highest BCUT2D eigenvalue weighted by Gasteiger charge is 2.52. The molecule has 5 N–H and O–H groups in total. The van der Waals surface area contributed by atoms with Gasteiger partial charge in [0.05, 0.1) is 25.7 Å². The van der Waals surface area contributed by atoms with Crippen molar-refractivity contribution in [3.8, 4) is 0 Å². The van der Waals surface area contributed by atoms with Crippen LogP contribution in [0.4, 0.5) is 13.6 Å². The zero-order valence-corrected chi connectivity index (χ0v) is 28.5. The highest BCUT2D eigenvalue weighted by Crippen LogP contribution is 2.35. The third kappa shape index (κ3) is 11.5. The fraction of sp³-hybridized carbons (Fsp3) is 0.618. The molecule has 4 atom stereocenters. The van der Waals surface area contributed by atoms with Crippen molar-refractivity contribution in [2.75, 3.05) is 19.7 Å². The molecule has 1 aromatic rings. The number of aliphatic carboxylic acids is 1. The Bertz CT molecular complexity index is 1390. The van der Waals surface area contributed by atoms with Gasteiger partial charge in [-0.25, -0.2) is 18.4 Å². The molecule has 276 valence electrons. The van der Waals surface area contributed by atoms with Crippen LogP contribution in [0.3, 0.4) is 0 Å². The molecule has 1 aliphatic carbocycles. The SMILES string of the molecule is CCCC(NC(=O)[C@@H]1CC(F)(F)CN1C(=O)C(NC(=O)OCC(C)C)C1CCCCC1)C(=O)C(=O)NCC(=O)NC(C(=O)O)c1ccccc1. The van der Waals surface area contributed by atoms with Gasteiger partial charge in [-0.15, -0.1) is 0 Å². The fourth-order valence-corrected chi connectivity index (χ4v) is 6.10. The van der Waals surface area contributed by atoms with Gasteiger partial charge in [-0.3, -0.25) is 24.0 Å². The molecule has 1 heterocycles. The third-order valence-electron chi connectivity index (χ3n) is 8.59. The van der Waals surface area contributed by atoms with Crippen molar-refractivity contribution < 1.29 is 52.2 Å². The van der Waals surface area contributed by atoms with E-state index in [2.05, 4.69) is 21.3 Å². The van der Waals surface area contributed by atoms with Crippen molar-refractivity contribution in [3.05, 3.63) is 35.9 Å². The average Bonchev–Trinajstić information content (AvgIpc) is 3.42. The Hall–Kier alpha value is -4.63. The van der Waals surface area contributed by atoms with E-state index in [1.165, 1.54) is 12.1 Å². The first-order chi connectivity index (χ1) is 23.6. The number of ketones is 1. The Balaban J connectivity index is 1.70. The van der Waals surface area contributed by atoms with Crippen molar-refractivity contribution in [2.45, 2.75) is 102 Å². The Morgan fingerprint density at radius 2 is 1.64 bits per heavy atom. The van der Waals surface area contributed by atoms with E-state index in [-0.39, 0.29) is 36.8 Å². The topological polar surface area (TPSA) is 200 Å². The second-order valence-corrected chi connectivity index (χ2v) is 13.2. The van der Waals surface area contributed by atoms with Gasteiger partial charge in [0.1, 0.15) is 12.1 Å². The van der Waals surface area contributed by atoms with Crippen LogP contribution in [0.5, 0.6) is 0 Å². The van der Waals surface area contributed by atoms with E-state index in [1.807, 2.05) is 13.8 Å². The second kappa shape index (κ2) is 18.4. The fourth-order valence-electron chi connectivity index (χ4n) is 6.10. The van der Waals surface area contributed by atoms with Gasteiger partial charge in [-0.1, -0.05) is 76.8 Å². The lowest BCUT2D eigenvalue weighted by molar-refractivity contribution is -0.144. The Morgan fingerprint density at radius 1 is 0.980 bits per heavy atom. The Kier molecular flexibility index (Phi) is 14.6. The number of benzene rings is 1. The number of ether oxygens (including phenoxy) is 1. The number of nitrogens with one attached hydrogen (secondary N) is 4. The number of hydrogen-bond donors (Lipinski definition) is 5. The van der Waals surface area contributed by atoms with E-state index in [0.29, 0.717) is 12.8 Å². The van der Waals surface area contributed by atoms with Crippen LogP contribution in [0.25, 0.3) is 0 Å². The highest BCUT2D eigenvalue weighted by molar-refractivity contribution is 6.38. The minimum atomic E-state index is -3.45. The Morgan fingerprint density at radius 3 is 2.24 bits per heavy atom. The first-order valence-corrected chi connectivity index (χ1v) is 16.9. The van der Waals surface area contributed by atoms with E-state index in [4.69, 9.17) is 4.74 Å². The molecule has 1 aromatic carbocycles. The number of halogens is 2.